The van der Waals surface area contributed by atoms with Crippen molar-refractivity contribution >= 4 is 15.9 Å². The molecule has 1 aromatic rings. The highest BCUT2D eigenvalue weighted by molar-refractivity contribution is 7.86. The monoisotopic (exact) mass is 269 g/mol. The van der Waals surface area contributed by atoms with Crippen LogP contribution in [0.4, 0.5) is 18.4 Å². The van der Waals surface area contributed by atoms with Gasteiger partial charge in [0.05, 0.1) is 16.7 Å². The summed E-state index contributed by atoms with van der Waals surface area (Å²) in [7, 11) is -4.80. The quantitative estimate of drug-likeness (QED) is 0.473. The van der Waals surface area contributed by atoms with E-state index >= 15 is 0 Å². The number of benzene rings is 1. The molecule has 17 heavy (non-hydrogen) atoms. The average molecular weight is 269 g/mol. The molecule has 0 unspecified atom stereocenters. The second kappa shape index (κ2) is 4.70. The summed E-state index contributed by atoms with van der Waals surface area (Å²) in [5.41, 5.74) is -1.50. The van der Waals surface area contributed by atoms with Crippen LogP contribution in [0.3, 0.4) is 0 Å². The predicted octanol–water partition coefficient (Wildman–Crippen LogP) is 1.71. The molecule has 0 saturated heterocycles. The number of nitro benzene ring substituents is 1. The van der Waals surface area contributed by atoms with Crippen LogP contribution in [0.1, 0.15) is 5.56 Å². The van der Waals surface area contributed by atoms with Crippen LogP contribution in [0.25, 0.3) is 0 Å². The Hall–Kier alpha value is -1.64. The second-order valence-electron chi connectivity index (χ2n) is 3.15. The normalized spacial score (nSPS) is 11.5. The first-order valence-corrected chi connectivity index (χ1v) is 5.80. The first-order valence-electron chi connectivity index (χ1n) is 4.25. The van der Waals surface area contributed by atoms with E-state index in [0.717, 1.165) is 0 Å². The molecule has 94 valence electrons. The van der Waals surface area contributed by atoms with E-state index in [1.807, 2.05) is 0 Å². The van der Waals surface area contributed by atoms with Crippen molar-refractivity contribution in [2.75, 3.05) is 5.75 Å². The molecule has 0 amide bonds. The van der Waals surface area contributed by atoms with Crippen LogP contribution in [0.5, 0.6) is 0 Å². The SMILES string of the molecule is O=[N+]([O-])c1cc(F)c(CCS(=O)(=O)F)cc1F. The molecule has 9 heteroatoms. The minimum absolute atomic E-state index is 0.329. The van der Waals surface area contributed by atoms with Gasteiger partial charge >= 0.3 is 15.9 Å². The average Bonchev–Trinajstić information content (AvgIpc) is 2.17. The van der Waals surface area contributed by atoms with E-state index < -0.39 is 50.2 Å². The Labute approximate surface area is 94.2 Å². The second-order valence-corrected chi connectivity index (χ2v) is 4.63. The van der Waals surface area contributed by atoms with E-state index in [0.29, 0.717) is 12.1 Å². The van der Waals surface area contributed by atoms with Gasteiger partial charge in [-0.25, -0.2) is 4.39 Å². The fraction of sp³-hybridized carbons (Fsp3) is 0.250. The Morgan fingerprint density at radius 3 is 2.29 bits per heavy atom. The topological polar surface area (TPSA) is 77.3 Å². The maximum atomic E-state index is 13.2. The molecular formula is C8H6F3NO4S. The largest absolute Gasteiger partial charge is 0.307 e. The minimum atomic E-state index is -4.80. The molecule has 5 nitrogen and oxygen atoms in total. The van der Waals surface area contributed by atoms with Gasteiger partial charge in [-0.05, 0) is 18.1 Å². The highest BCUT2D eigenvalue weighted by Gasteiger charge is 2.19. The molecular weight excluding hydrogens is 263 g/mol. The maximum absolute atomic E-state index is 13.2. The van der Waals surface area contributed by atoms with Crippen LogP contribution in [0.2, 0.25) is 0 Å². The number of rotatable bonds is 4. The summed E-state index contributed by atoms with van der Waals surface area (Å²) in [4.78, 5) is 9.13. The van der Waals surface area contributed by atoms with E-state index in [2.05, 4.69) is 0 Å². The van der Waals surface area contributed by atoms with Crippen LogP contribution < -0.4 is 0 Å². The van der Waals surface area contributed by atoms with Crippen LogP contribution in [-0.2, 0) is 16.6 Å². The molecule has 0 radical (unpaired) electrons. The molecule has 1 aromatic carbocycles. The lowest BCUT2D eigenvalue weighted by molar-refractivity contribution is -0.387. The van der Waals surface area contributed by atoms with Crippen molar-refractivity contribution in [3.05, 3.63) is 39.4 Å². The Morgan fingerprint density at radius 2 is 1.82 bits per heavy atom. The van der Waals surface area contributed by atoms with Crippen LogP contribution in [0.15, 0.2) is 12.1 Å². The Bertz CT molecular complexity index is 558. The zero-order valence-electron chi connectivity index (χ0n) is 8.19. The third kappa shape index (κ3) is 3.70. The summed E-state index contributed by atoms with van der Waals surface area (Å²) in [6, 6.07) is 0.814. The number of halogens is 3. The van der Waals surface area contributed by atoms with E-state index in [9.17, 15) is 31.2 Å². The summed E-state index contributed by atoms with van der Waals surface area (Å²) < 4.78 is 58.8. The first-order chi connectivity index (χ1) is 7.70. The number of hydrogen-bond acceptors (Lipinski definition) is 4. The molecule has 0 bridgehead atoms. The molecule has 0 saturated carbocycles. The smallest absolute Gasteiger partial charge is 0.258 e. The van der Waals surface area contributed by atoms with Gasteiger partial charge in [-0.2, -0.15) is 12.8 Å². The summed E-state index contributed by atoms with van der Waals surface area (Å²) >= 11 is 0. The Kier molecular flexibility index (Phi) is 3.71. The van der Waals surface area contributed by atoms with Gasteiger partial charge < -0.3 is 0 Å². The maximum Gasteiger partial charge on any atom is 0.307 e. The van der Waals surface area contributed by atoms with Gasteiger partial charge in [0, 0.05) is 0 Å². The van der Waals surface area contributed by atoms with Crippen molar-refractivity contribution < 1.29 is 26.0 Å². The van der Waals surface area contributed by atoms with Crippen molar-refractivity contribution in [1.82, 2.24) is 0 Å². The molecule has 0 N–H and O–H groups in total. The van der Waals surface area contributed by atoms with E-state index in [1.54, 1.807) is 0 Å². The lowest BCUT2D eigenvalue weighted by Crippen LogP contribution is -2.05. The van der Waals surface area contributed by atoms with Gasteiger partial charge in [-0.15, -0.1) is 3.89 Å². The zero-order chi connectivity index (χ0) is 13.2. The van der Waals surface area contributed by atoms with Crippen LogP contribution in [0, 0.1) is 21.7 Å². The standard InChI is InChI=1S/C8H6F3NO4S/c9-6-4-8(12(13)14)7(10)3-5(6)1-2-17(11,15)16/h3-4H,1-2H2. The van der Waals surface area contributed by atoms with Crippen molar-refractivity contribution in [3.63, 3.8) is 0 Å². The lowest BCUT2D eigenvalue weighted by Gasteiger charge is -2.02. The number of aryl methyl sites for hydroxylation is 1. The number of nitrogens with zero attached hydrogens (tertiary/aromatic N) is 1. The fourth-order valence-corrected chi connectivity index (χ4v) is 1.60. The zero-order valence-corrected chi connectivity index (χ0v) is 9.01. The van der Waals surface area contributed by atoms with E-state index in [4.69, 9.17) is 0 Å². The Balaban J connectivity index is 3.04. The van der Waals surface area contributed by atoms with E-state index in [1.165, 1.54) is 0 Å². The molecule has 0 fully saturated rings. The van der Waals surface area contributed by atoms with Crippen molar-refractivity contribution in [1.29, 1.82) is 0 Å². The van der Waals surface area contributed by atoms with Gasteiger partial charge in [0.1, 0.15) is 5.82 Å². The lowest BCUT2D eigenvalue weighted by atomic mass is 10.1. The van der Waals surface area contributed by atoms with Crippen molar-refractivity contribution in [3.8, 4) is 0 Å². The highest BCUT2D eigenvalue weighted by atomic mass is 32.3. The number of nitro groups is 1. The van der Waals surface area contributed by atoms with Crippen molar-refractivity contribution in [2.45, 2.75) is 6.42 Å². The van der Waals surface area contributed by atoms with Gasteiger partial charge in [-0.1, -0.05) is 0 Å². The molecule has 0 aromatic heterocycles. The van der Waals surface area contributed by atoms with Gasteiger partial charge in [0.25, 0.3) is 0 Å². The molecule has 0 atom stereocenters. The predicted molar refractivity (Wildman–Crippen MR) is 51.6 cm³/mol. The first kappa shape index (κ1) is 13.4. The molecule has 0 aliphatic rings. The summed E-state index contributed by atoms with van der Waals surface area (Å²) in [5.74, 6) is -3.47. The molecule has 0 heterocycles. The highest BCUT2D eigenvalue weighted by Crippen LogP contribution is 2.22. The summed E-state index contributed by atoms with van der Waals surface area (Å²) in [6.07, 6.45) is -0.598. The van der Waals surface area contributed by atoms with E-state index in [-0.39, 0.29) is 0 Å². The third-order valence-electron chi connectivity index (χ3n) is 1.93. The number of hydrogen-bond donors (Lipinski definition) is 0. The molecule has 1 rings (SSSR count). The molecule has 0 aliphatic heterocycles. The van der Waals surface area contributed by atoms with Gasteiger partial charge in [0.15, 0.2) is 0 Å². The molecule has 0 spiro atoms. The third-order valence-corrected chi connectivity index (χ3v) is 2.62. The summed E-state index contributed by atoms with van der Waals surface area (Å²) in [5, 5.41) is 10.2. The molecule has 0 aliphatic carbocycles. The van der Waals surface area contributed by atoms with Gasteiger partial charge in [0.2, 0.25) is 5.82 Å². The van der Waals surface area contributed by atoms with Crippen LogP contribution >= 0.6 is 0 Å². The van der Waals surface area contributed by atoms with Gasteiger partial charge in [-0.3, -0.25) is 10.1 Å². The van der Waals surface area contributed by atoms with Crippen LogP contribution in [-0.4, -0.2) is 19.1 Å². The Morgan fingerprint density at radius 1 is 1.24 bits per heavy atom. The van der Waals surface area contributed by atoms with Crippen molar-refractivity contribution in [2.24, 2.45) is 0 Å². The summed E-state index contributed by atoms with van der Waals surface area (Å²) in [6.45, 7) is 0. The fourth-order valence-electron chi connectivity index (χ4n) is 1.14. The minimum Gasteiger partial charge on any atom is -0.258 e.